The number of halogens is 1. The third-order valence-corrected chi connectivity index (χ3v) is 9.87. The first kappa shape index (κ1) is 30.8. The smallest absolute Gasteiger partial charge is 0.264 e. The number of carbonyl (C=O) groups excluding carboxylic acids is 2. The number of nitrogens with one attached hydrogen (secondary N) is 1. The Morgan fingerprint density at radius 2 is 1.66 bits per heavy atom. The summed E-state index contributed by atoms with van der Waals surface area (Å²) in [6.45, 7) is 5.13. The van der Waals surface area contributed by atoms with Crippen molar-refractivity contribution in [2.45, 2.75) is 76.4 Å². The second-order valence-corrected chi connectivity index (χ2v) is 13.6. The average molecular weight is 641 g/mol. The van der Waals surface area contributed by atoms with Crippen molar-refractivity contribution in [3.63, 3.8) is 0 Å². The van der Waals surface area contributed by atoms with Crippen molar-refractivity contribution in [1.29, 1.82) is 0 Å². The average Bonchev–Trinajstić information content (AvgIpc) is 2.96. The highest BCUT2D eigenvalue weighted by molar-refractivity contribution is 9.10. The zero-order valence-electron chi connectivity index (χ0n) is 23.8. The van der Waals surface area contributed by atoms with Gasteiger partial charge in [0.25, 0.3) is 10.0 Å². The molecule has 2 amide bonds. The molecule has 1 aliphatic rings. The van der Waals surface area contributed by atoms with Crippen LogP contribution < -0.4 is 9.62 Å². The van der Waals surface area contributed by atoms with Gasteiger partial charge < -0.3 is 10.2 Å². The van der Waals surface area contributed by atoms with E-state index in [1.54, 1.807) is 31.2 Å². The van der Waals surface area contributed by atoms with Gasteiger partial charge in [0.1, 0.15) is 12.6 Å². The molecule has 1 saturated carbocycles. The quantitative estimate of drug-likeness (QED) is 0.289. The predicted molar refractivity (Wildman–Crippen MR) is 166 cm³/mol. The summed E-state index contributed by atoms with van der Waals surface area (Å²) in [6.07, 6.45) is 5.16. The number of benzene rings is 3. The van der Waals surface area contributed by atoms with Crippen LogP contribution in [-0.2, 0) is 26.2 Å². The van der Waals surface area contributed by atoms with Gasteiger partial charge in [0.2, 0.25) is 11.8 Å². The SMILES string of the molecule is Cc1ccc(C)c(N(CC(=O)N(Cc2cccc(Br)c2)[C@H](C)C(=O)NC2CCCCC2)S(=O)(=O)c2ccccc2)c1. The number of sulfonamides is 1. The summed E-state index contributed by atoms with van der Waals surface area (Å²) in [4.78, 5) is 29.2. The van der Waals surface area contributed by atoms with E-state index in [1.165, 1.54) is 27.8 Å². The van der Waals surface area contributed by atoms with Crippen LogP contribution in [0.5, 0.6) is 0 Å². The molecule has 4 rings (SSSR count). The van der Waals surface area contributed by atoms with E-state index in [2.05, 4.69) is 21.2 Å². The van der Waals surface area contributed by atoms with E-state index in [1.807, 2.05) is 50.2 Å². The van der Waals surface area contributed by atoms with Crippen molar-refractivity contribution < 1.29 is 18.0 Å². The first-order chi connectivity index (χ1) is 19.6. The monoisotopic (exact) mass is 639 g/mol. The molecule has 3 aromatic rings. The van der Waals surface area contributed by atoms with Crippen LogP contribution in [0.25, 0.3) is 0 Å². The van der Waals surface area contributed by atoms with Gasteiger partial charge in [-0.1, -0.05) is 77.7 Å². The Bertz CT molecular complexity index is 1470. The Balaban J connectivity index is 1.70. The molecule has 0 aromatic heterocycles. The molecule has 1 N–H and O–H groups in total. The van der Waals surface area contributed by atoms with Crippen LogP contribution in [0.1, 0.15) is 55.7 Å². The highest BCUT2D eigenvalue weighted by Crippen LogP contribution is 2.29. The van der Waals surface area contributed by atoms with Crippen molar-refractivity contribution in [2.75, 3.05) is 10.8 Å². The number of nitrogens with zero attached hydrogens (tertiary/aromatic N) is 2. The van der Waals surface area contributed by atoms with Crippen LogP contribution in [0.2, 0.25) is 0 Å². The zero-order valence-corrected chi connectivity index (χ0v) is 26.2. The zero-order chi connectivity index (χ0) is 29.6. The van der Waals surface area contributed by atoms with Crippen LogP contribution in [0.15, 0.2) is 82.2 Å². The molecule has 7 nitrogen and oxygen atoms in total. The molecule has 218 valence electrons. The molecule has 1 fully saturated rings. The molecule has 9 heteroatoms. The van der Waals surface area contributed by atoms with Gasteiger partial charge in [-0.05, 0) is 80.6 Å². The Morgan fingerprint density at radius 3 is 2.34 bits per heavy atom. The molecule has 3 aromatic carbocycles. The summed E-state index contributed by atoms with van der Waals surface area (Å²) in [6, 6.07) is 20.5. The predicted octanol–water partition coefficient (Wildman–Crippen LogP) is 6.13. The maximum Gasteiger partial charge on any atom is 0.264 e. The Morgan fingerprint density at radius 1 is 0.951 bits per heavy atom. The second-order valence-electron chi connectivity index (χ2n) is 10.8. The lowest BCUT2D eigenvalue weighted by Crippen LogP contribution is -2.53. The summed E-state index contributed by atoms with van der Waals surface area (Å²) < 4.78 is 30.0. The van der Waals surface area contributed by atoms with E-state index in [4.69, 9.17) is 0 Å². The first-order valence-corrected chi connectivity index (χ1v) is 16.3. The molecule has 1 atom stereocenters. The maximum atomic E-state index is 14.2. The van der Waals surface area contributed by atoms with E-state index in [0.717, 1.165) is 46.8 Å². The number of aryl methyl sites for hydroxylation is 2. The van der Waals surface area contributed by atoms with Gasteiger partial charge in [-0.25, -0.2) is 8.42 Å². The number of anilines is 1. The van der Waals surface area contributed by atoms with Crippen molar-refractivity contribution in [3.8, 4) is 0 Å². The Hall–Kier alpha value is -3.17. The Kier molecular flexibility index (Phi) is 10.3. The maximum absolute atomic E-state index is 14.2. The van der Waals surface area contributed by atoms with Crippen molar-refractivity contribution in [3.05, 3.63) is 94.0 Å². The minimum absolute atomic E-state index is 0.0893. The van der Waals surface area contributed by atoms with Crippen molar-refractivity contribution >= 4 is 43.5 Å². The lowest BCUT2D eigenvalue weighted by Gasteiger charge is -2.33. The molecule has 0 heterocycles. The largest absolute Gasteiger partial charge is 0.352 e. The third-order valence-electron chi connectivity index (χ3n) is 7.60. The second kappa shape index (κ2) is 13.7. The molecule has 0 bridgehead atoms. The summed E-state index contributed by atoms with van der Waals surface area (Å²) in [5.74, 6) is -0.693. The topological polar surface area (TPSA) is 86.8 Å². The van der Waals surface area contributed by atoms with Crippen molar-refractivity contribution in [1.82, 2.24) is 10.2 Å². The fraction of sp³-hybridized carbons (Fsp3) is 0.375. The molecule has 0 saturated heterocycles. The number of carbonyl (C=O) groups is 2. The minimum Gasteiger partial charge on any atom is -0.352 e. The van der Waals surface area contributed by atoms with Crippen LogP contribution in [0.4, 0.5) is 5.69 Å². The van der Waals surface area contributed by atoms with Crippen molar-refractivity contribution in [2.24, 2.45) is 0 Å². The van der Waals surface area contributed by atoms with Gasteiger partial charge >= 0.3 is 0 Å². The fourth-order valence-electron chi connectivity index (χ4n) is 5.20. The molecule has 41 heavy (non-hydrogen) atoms. The molecule has 0 spiro atoms. The van der Waals surface area contributed by atoms with E-state index in [9.17, 15) is 18.0 Å². The number of amides is 2. The fourth-order valence-corrected chi connectivity index (χ4v) is 7.14. The van der Waals surface area contributed by atoms with E-state index >= 15 is 0 Å². The number of rotatable bonds is 10. The summed E-state index contributed by atoms with van der Waals surface area (Å²) in [5.41, 5.74) is 2.86. The molecule has 1 aliphatic carbocycles. The van der Waals surface area contributed by atoms with Gasteiger partial charge in [0, 0.05) is 17.1 Å². The van der Waals surface area contributed by atoms with Gasteiger partial charge in [0.15, 0.2) is 0 Å². The molecule has 0 radical (unpaired) electrons. The summed E-state index contributed by atoms with van der Waals surface area (Å²) in [7, 11) is -4.09. The molecular weight excluding hydrogens is 602 g/mol. The lowest BCUT2D eigenvalue weighted by molar-refractivity contribution is -0.139. The molecular formula is C32H38BrN3O4S. The van der Waals surface area contributed by atoms with Gasteiger partial charge in [-0.15, -0.1) is 0 Å². The normalized spacial score (nSPS) is 14.7. The van der Waals surface area contributed by atoms with Gasteiger partial charge in [0.05, 0.1) is 10.6 Å². The highest BCUT2D eigenvalue weighted by Gasteiger charge is 2.33. The highest BCUT2D eigenvalue weighted by atomic mass is 79.9. The first-order valence-electron chi connectivity index (χ1n) is 14.1. The summed E-state index contributed by atoms with van der Waals surface area (Å²) in [5, 5.41) is 3.13. The van der Waals surface area contributed by atoms with Crippen LogP contribution in [0, 0.1) is 13.8 Å². The van der Waals surface area contributed by atoms with E-state index in [-0.39, 0.29) is 23.4 Å². The van der Waals surface area contributed by atoms with Crippen LogP contribution in [0.3, 0.4) is 0 Å². The Labute approximate surface area is 252 Å². The van der Waals surface area contributed by atoms with E-state index in [0.29, 0.717) is 5.69 Å². The number of hydrogen-bond acceptors (Lipinski definition) is 4. The van der Waals surface area contributed by atoms with Gasteiger partial charge in [-0.2, -0.15) is 0 Å². The van der Waals surface area contributed by atoms with Crippen LogP contribution in [-0.4, -0.2) is 43.8 Å². The summed E-state index contributed by atoms with van der Waals surface area (Å²) >= 11 is 3.49. The molecule has 0 aliphatic heterocycles. The third kappa shape index (κ3) is 7.77. The lowest BCUT2D eigenvalue weighted by atomic mass is 9.95. The standard InChI is InChI=1S/C32H38BrN3O4S/c1-23-17-18-24(2)30(19-23)36(41(39,40)29-15-8-5-9-16-29)22-31(37)35(21-26-11-10-12-27(33)20-26)25(3)32(38)34-28-13-6-4-7-14-28/h5,8-12,15-20,25,28H,4,6-7,13-14,21-22H2,1-3H3,(H,34,38)/t25-/m1/s1. The van der Waals surface area contributed by atoms with Crippen LogP contribution >= 0.6 is 15.9 Å². The van der Waals surface area contributed by atoms with Gasteiger partial charge in [-0.3, -0.25) is 13.9 Å². The molecule has 0 unspecified atom stereocenters. The van der Waals surface area contributed by atoms with E-state index < -0.39 is 28.5 Å². The minimum atomic E-state index is -4.09. The number of hydrogen-bond donors (Lipinski definition) is 1.